The zero-order valence-corrected chi connectivity index (χ0v) is 6.73. The first-order chi connectivity index (χ1) is 6.09. The minimum atomic E-state index is -0.895. The molecule has 1 aliphatic carbocycles. The van der Waals surface area contributed by atoms with Gasteiger partial charge in [-0.05, 0) is 6.42 Å². The first kappa shape index (κ1) is 8.56. The normalized spacial score (nSPS) is 26.2. The molecule has 0 bridgehead atoms. The predicted molar refractivity (Wildman–Crippen MR) is 41.6 cm³/mol. The average molecular weight is 187 g/mol. The van der Waals surface area contributed by atoms with E-state index in [0.717, 1.165) is 0 Å². The fourth-order valence-electron chi connectivity index (χ4n) is 1.45. The van der Waals surface area contributed by atoms with Crippen LogP contribution in [0.5, 0.6) is 0 Å². The highest BCUT2D eigenvalue weighted by atomic mass is 19.1. The molecule has 1 aliphatic rings. The van der Waals surface area contributed by atoms with Crippen LogP contribution in [0.3, 0.4) is 0 Å². The van der Waals surface area contributed by atoms with E-state index in [1.54, 1.807) is 0 Å². The van der Waals surface area contributed by atoms with Crippen LogP contribution in [0.1, 0.15) is 17.9 Å². The molecular formula is C9H8F3N. The number of nitrogens with two attached hydrogens (primary N) is 1. The fourth-order valence-corrected chi connectivity index (χ4v) is 1.45. The monoisotopic (exact) mass is 187 g/mol. The van der Waals surface area contributed by atoms with Gasteiger partial charge in [-0.3, -0.25) is 0 Å². The van der Waals surface area contributed by atoms with Crippen LogP contribution in [0.25, 0.3) is 0 Å². The molecule has 0 radical (unpaired) electrons. The molecule has 2 rings (SSSR count). The van der Waals surface area contributed by atoms with Gasteiger partial charge >= 0.3 is 0 Å². The van der Waals surface area contributed by atoms with Crippen molar-refractivity contribution < 1.29 is 13.2 Å². The third-order valence-corrected chi connectivity index (χ3v) is 2.25. The molecule has 0 spiro atoms. The number of hydrogen-bond acceptors (Lipinski definition) is 1. The molecule has 0 heterocycles. The minimum absolute atomic E-state index is 0.0751. The Labute approximate surface area is 73.4 Å². The van der Waals surface area contributed by atoms with Crippen molar-refractivity contribution >= 4 is 0 Å². The summed E-state index contributed by atoms with van der Waals surface area (Å²) >= 11 is 0. The molecule has 2 N–H and O–H groups in total. The van der Waals surface area contributed by atoms with Gasteiger partial charge in [0.05, 0.1) is 0 Å². The summed E-state index contributed by atoms with van der Waals surface area (Å²) in [5.41, 5.74) is 5.37. The molecule has 4 heteroatoms. The predicted octanol–water partition coefficient (Wildman–Crippen LogP) is 1.92. The van der Waals surface area contributed by atoms with Gasteiger partial charge in [-0.2, -0.15) is 0 Å². The lowest BCUT2D eigenvalue weighted by molar-refractivity contribution is 0.523. The van der Waals surface area contributed by atoms with E-state index >= 15 is 0 Å². The van der Waals surface area contributed by atoms with Crippen molar-refractivity contribution in [2.45, 2.75) is 18.4 Å². The number of halogens is 3. The maximum atomic E-state index is 13.0. The quantitative estimate of drug-likeness (QED) is 0.714. The second-order valence-corrected chi connectivity index (χ2v) is 3.29. The van der Waals surface area contributed by atoms with Gasteiger partial charge in [-0.25, -0.2) is 13.2 Å². The van der Waals surface area contributed by atoms with Crippen LogP contribution in [0.4, 0.5) is 13.2 Å². The number of hydrogen-bond donors (Lipinski definition) is 1. The summed E-state index contributed by atoms with van der Waals surface area (Å²) in [6, 6.07) is 1.18. The van der Waals surface area contributed by atoms with Crippen molar-refractivity contribution in [3.05, 3.63) is 35.1 Å². The Morgan fingerprint density at radius 2 is 1.62 bits per heavy atom. The molecule has 0 aromatic heterocycles. The summed E-state index contributed by atoms with van der Waals surface area (Å²) in [5, 5.41) is 0. The van der Waals surface area contributed by atoms with Gasteiger partial charge in [0.2, 0.25) is 0 Å². The van der Waals surface area contributed by atoms with Crippen molar-refractivity contribution in [1.82, 2.24) is 0 Å². The van der Waals surface area contributed by atoms with Crippen LogP contribution in [0, 0.1) is 17.5 Å². The molecule has 1 nitrogen and oxygen atoms in total. The zero-order valence-electron chi connectivity index (χ0n) is 6.73. The van der Waals surface area contributed by atoms with E-state index in [1.807, 2.05) is 0 Å². The van der Waals surface area contributed by atoms with Gasteiger partial charge < -0.3 is 5.73 Å². The van der Waals surface area contributed by atoms with Gasteiger partial charge in [-0.1, -0.05) is 0 Å². The first-order valence-electron chi connectivity index (χ1n) is 3.99. The largest absolute Gasteiger partial charge is 0.327 e. The Morgan fingerprint density at radius 1 is 1.15 bits per heavy atom. The van der Waals surface area contributed by atoms with Gasteiger partial charge in [0, 0.05) is 29.7 Å². The lowest BCUT2D eigenvalue weighted by Gasteiger charge is -2.02. The van der Waals surface area contributed by atoms with E-state index in [0.29, 0.717) is 18.6 Å². The molecule has 0 aliphatic heterocycles. The smallest absolute Gasteiger partial charge is 0.132 e. The van der Waals surface area contributed by atoms with E-state index in [4.69, 9.17) is 5.73 Å². The van der Waals surface area contributed by atoms with Crippen molar-refractivity contribution in [1.29, 1.82) is 0 Å². The maximum absolute atomic E-state index is 13.0. The molecule has 2 atom stereocenters. The molecule has 1 aromatic carbocycles. The molecule has 70 valence electrons. The van der Waals surface area contributed by atoms with Crippen molar-refractivity contribution in [3.8, 4) is 0 Å². The lowest BCUT2D eigenvalue weighted by atomic mass is 10.1. The minimum Gasteiger partial charge on any atom is -0.327 e. The standard InChI is InChI=1S/C9H8F3N/c10-4-1-6(11)9(7(12)2-4)5-3-8(5)13/h1-2,5,8H,3,13H2. The highest BCUT2D eigenvalue weighted by Crippen LogP contribution is 2.41. The molecule has 0 amide bonds. The molecule has 13 heavy (non-hydrogen) atoms. The highest BCUT2D eigenvalue weighted by molar-refractivity contribution is 5.31. The molecule has 0 saturated heterocycles. The SMILES string of the molecule is NC1CC1c1c(F)cc(F)cc1F. The Kier molecular flexibility index (Phi) is 1.80. The van der Waals surface area contributed by atoms with Crippen LogP contribution in [0.2, 0.25) is 0 Å². The molecule has 1 saturated carbocycles. The lowest BCUT2D eigenvalue weighted by Crippen LogP contribution is -2.04. The van der Waals surface area contributed by atoms with Crippen molar-refractivity contribution in [2.75, 3.05) is 0 Å². The summed E-state index contributed by atoms with van der Waals surface area (Å²) in [4.78, 5) is 0. The Bertz CT molecular complexity index is 328. The third-order valence-electron chi connectivity index (χ3n) is 2.25. The van der Waals surface area contributed by atoms with E-state index in [2.05, 4.69) is 0 Å². The second-order valence-electron chi connectivity index (χ2n) is 3.29. The van der Waals surface area contributed by atoms with Crippen LogP contribution < -0.4 is 5.73 Å². The molecule has 1 aromatic rings. The second kappa shape index (κ2) is 2.73. The Hall–Kier alpha value is -1.03. The fraction of sp³-hybridized carbons (Fsp3) is 0.333. The zero-order chi connectivity index (χ0) is 9.59. The maximum Gasteiger partial charge on any atom is 0.132 e. The van der Waals surface area contributed by atoms with Crippen LogP contribution in [-0.2, 0) is 0 Å². The van der Waals surface area contributed by atoms with Crippen LogP contribution in [0.15, 0.2) is 12.1 Å². The molecule has 2 unspecified atom stereocenters. The van der Waals surface area contributed by atoms with Crippen LogP contribution in [-0.4, -0.2) is 6.04 Å². The van der Waals surface area contributed by atoms with Crippen LogP contribution >= 0.6 is 0 Å². The summed E-state index contributed by atoms with van der Waals surface area (Å²) in [7, 11) is 0. The summed E-state index contributed by atoms with van der Waals surface area (Å²) in [6.45, 7) is 0. The Balaban J connectivity index is 2.45. The summed E-state index contributed by atoms with van der Waals surface area (Å²) < 4.78 is 38.6. The summed E-state index contributed by atoms with van der Waals surface area (Å²) in [6.07, 6.45) is 0.569. The van der Waals surface area contributed by atoms with E-state index in [-0.39, 0.29) is 17.5 Å². The summed E-state index contributed by atoms with van der Waals surface area (Å²) in [5.74, 6) is -2.85. The topological polar surface area (TPSA) is 26.0 Å². The van der Waals surface area contributed by atoms with Crippen molar-refractivity contribution in [2.24, 2.45) is 5.73 Å². The van der Waals surface area contributed by atoms with Crippen molar-refractivity contribution in [3.63, 3.8) is 0 Å². The highest BCUT2D eigenvalue weighted by Gasteiger charge is 2.39. The number of benzene rings is 1. The van der Waals surface area contributed by atoms with E-state index in [1.165, 1.54) is 0 Å². The first-order valence-corrected chi connectivity index (χ1v) is 3.99. The molecule has 1 fully saturated rings. The number of rotatable bonds is 1. The van der Waals surface area contributed by atoms with Gasteiger partial charge in [-0.15, -0.1) is 0 Å². The average Bonchev–Trinajstić information content (AvgIpc) is 2.64. The van der Waals surface area contributed by atoms with Gasteiger partial charge in [0.25, 0.3) is 0 Å². The van der Waals surface area contributed by atoms with E-state index in [9.17, 15) is 13.2 Å². The van der Waals surface area contributed by atoms with Gasteiger partial charge in [0.15, 0.2) is 0 Å². The third kappa shape index (κ3) is 1.42. The van der Waals surface area contributed by atoms with E-state index < -0.39 is 17.5 Å². The molecular weight excluding hydrogens is 179 g/mol. The Morgan fingerprint density at radius 3 is 2.00 bits per heavy atom. The van der Waals surface area contributed by atoms with Gasteiger partial charge in [0.1, 0.15) is 17.5 Å².